The highest BCUT2D eigenvalue weighted by Gasteiger charge is 2.22. The molecule has 0 heterocycles. The number of nitriles is 1. The van der Waals surface area contributed by atoms with Crippen molar-refractivity contribution in [1.82, 2.24) is 0 Å². The smallest absolute Gasteiger partial charge is 0.0998 e. The van der Waals surface area contributed by atoms with Gasteiger partial charge in [-0.25, -0.2) is 0 Å². The zero-order valence-electron chi connectivity index (χ0n) is 23.4. The Morgan fingerprint density at radius 1 is 0.395 bits per heavy atom. The minimum Gasteiger partial charge on any atom is -0.310 e. The van der Waals surface area contributed by atoms with Crippen molar-refractivity contribution >= 4 is 27.8 Å². The average molecular weight is 547 g/mol. The topological polar surface area (TPSA) is 27.0 Å². The van der Waals surface area contributed by atoms with Gasteiger partial charge < -0.3 is 4.90 Å². The Morgan fingerprint density at radius 2 is 0.977 bits per heavy atom. The third-order valence-electron chi connectivity index (χ3n) is 8.46. The Kier molecular flexibility index (Phi) is 5.88. The molecule has 7 aromatic carbocycles. The summed E-state index contributed by atoms with van der Waals surface area (Å²) in [6, 6.07) is 57.7. The molecule has 0 unspecified atom stereocenters. The minimum atomic E-state index is 0.670. The quantitative estimate of drug-likeness (QED) is 0.215. The van der Waals surface area contributed by atoms with Crippen molar-refractivity contribution in [3.63, 3.8) is 0 Å². The fourth-order valence-corrected chi connectivity index (χ4v) is 6.52. The molecule has 0 aromatic heterocycles. The Labute approximate surface area is 251 Å². The van der Waals surface area contributed by atoms with Crippen LogP contribution in [0.4, 0.5) is 17.1 Å². The number of benzene rings is 7. The van der Waals surface area contributed by atoms with Crippen LogP contribution in [0, 0.1) is 11.3 Å². The standard InChI is InChI=1S/C41H26N2/c42-27-30-10-4-5-15-34(30)29-11-8-14-33(26-29)43(31-12-2-1-3-13-31)32-22-20-28(21-23-32)35-24-25-40-37-17-7-6-16-36(37)39-19-9-18-38(35)41(39)40/h1-26H. The number of fused-ring (bicyclic) bond motifs is 3. The second-order valence-corrected chi connectivity index (χ2v) is 10.9. The van der Waals surface area contributed by atoms with Crippen molar-refractivity contribution in [3.8, 4) is 50.6 Å². The molecule has 0 atom stereocenters. The predicted octanol–water partition coefficient (Wildman–Crippen LogP) is 11.2. The molecular formula is C41H26N2. The van der Waals surface area contributed by atoms with E-state index in [1.54, 1.807) is 0 Å². The van der Waals surface area contributed by atoms with Gasteiger partial charge in [-0.05, 0) is 97.7 Å². The molecule has 0 radical (unpaired) electrons. The highest BCUT2D eigenvalue weighted by Crippen LogP contribution is 2.49. The van der Waals surface area contributed by atoms with Gasteiger partial charge in [0.15, 0.2) is 0 Å². The second-order valence-electron chi connectivity index (χ2n) is 10.9. The van der Waals surface area contributed by atoms with E-state index in [2.05, 4.69) is 138 Å². The Morgan fingerprint density at radius 3 is 1.74 bits per heavy atom. The van der Waals surface area contributed by atoms with Crippen molar-refractivity contribution in [2.75, 3.05) is 4.90 Å². The van der Waals surface area contributed by atoms with E-state index in [4.69, 9.17) is 0 Å². The molecule has 1 aliphatic carbocycles. The van der Waals surface area contributed by atoms with E-state index >= 15 is 0 Å². The maximum Gasteiger partial charge on any atom is 0.0998 e. The molecule has 1 aliphatic rings. The first kappa shape index (κ1) is 24.9. The zero-order valence-corrected chi connectivity index (χ0v) is 23.4. The van der Waals surface area contributed by atoms with Crippen LogP contribution in [0.15, 0.2) is 158 Å². The van der Waals surface area contributed by atoms with E-state index in [1.807, 2.05) is 30.3 Å². The van der Waals surface area contributed by atoms with Crippen LogP contribution in [-0.4, -0.2) is 0 Å². The van der Waals surface area contributed by atoms with Gasteiger partial charge in [-0.1, -0.05) is 115 Å². The summed E-state index contributed by atoms with van der Waals surface area (Å²) in [6.45, 7) is 0. The van der Waals surface area contributed by atoms with Crippen LogP contribution in [0.2, 0.25) is 0 Å². The molecule has 0 saturated heterocycles. The second kappa shape index (κ2) is 10.2. The van der Waals surface area contributed by atoms with Gasteiger partial charge in [0.05, 0.1) is 11.6 Å². The van der Waals surface area contributed by atoms with Gasteiger partial charge in [-0.15, -0.1) is 0 Å². The third kappa shape index (κ3) is 4.10. The first-order valence-electron chi connectivity index (χ1n) is 14.5. The van der Waals surface area contributed by atoms with Crippen molar-refractivity contribution in [3.05, 3.63) is 163 Å². The highest BCUT2D eigenvalue weighted by molar-refractivity contribution is 6.18. The molecule has 0 amide bonds. The van der Waals surface area contributed by atoms with Crippen LogP contribution in [0.3, 0.4) is 0 Å². The molecule has 0 spiro atoms. The Hall–Kier alpha value is -5.91. The summed E-state index contributed by atoms with van der Waals surface area (Å²) in [7, 11) is 0. The van der Waals surface area contributed by atoms with Crippen LogP contribution < -0.4 is 4.90 Å². The predicted molar refractivity (Wildman–Crippen MR) is 179 cm³/mol. The molecule has 7 aromatic rings. The van der Waals surface area contributed by atoms with Crippen LogP contribution in [0.1, 0.15) is 5.56 Å². The van der Waals surface area contributed by atoms with E-state index in [9.17, 15) is 5.26 Å². The van der Waals surface area contributed by atoms with Crippen molar-refractivity contribution in [2.45, 2.75) is 0 Å². The van der Waals surface area contributed by atoms with Gasteiger partial charge >= 0.3 is 0 Å². The number of para-hydroxylation sites is 1. The lowest BCUT2D eigenvalue weighted by Gasteiger charge is -2.26. The maximum absolute atomic E-state index is 9.72. The maximum atomic E-state index is 9.72. The average Bonchev–Trinajstić information content (AvgIpc) is 3.41. The molecule has 0 fully saturated rings. The van der Waals surface area contributed by atoms with Gasteiger partial charge in [0, 0.05) is 17.1 Å². The highest BCUT2D eigenvalue weighted by atomic mass is 15.1. The molecule has 0 saturated carbocycles. The first-order chi connectivity index (χ1) is 21.3. The summed E-state index contributed by atoms with van der Waals surface area (Å²) in [5.74, 6) is 0. The van der Waals surface area contributed by atoms with E-state index in [1.165, 1.54) is 44.2 Å². The van der Waals surface area contributed by atoms with Crippen molar-refractivity contribution in [1.29, 1.82) is 5.26 Å². The van der Waals surface area contributed by atoms with E-state index in [0.29, 0.717) is 5.56 Å². The van der Waals surface area contributed by atoms with Crippen molar-refractivity contribution in [2.24, 2.45) is 0 Å². The number of hydrogen-bond acceptors (Lipinski definition) is 2. The number of nitrogens with zero attached hydrogens (tertiary/aromatic N) is 2. The monoisotopic (exact) mass is 546 g/mol. The molecule has 43 heavy (non-hydrogen) atoms. The molecule has 2 heteroatoms. The molecule has 2 nitrogen and oxygen atoms in total. The molecule has 8 rings (SSSR count). The number of rotatable bonds is 5. The fourth-order valence-electron chi connectivity index (χ4n) is 6.52. The first-order valence-corrected chi connectivity index (χ1v) is 14.5. The summed E-state index contributed by atoms with van der Waals surface area (Å²) in [4.78, 5) is 2.27. The largest absolute Gasteiger partial charge is 0.310 e. The minimum absolute atomic E-state index is 0.670. The molecule has 200 valence electrons. The zero-order chi connectivity index (χ0) is 28.8. The summed E-state index contributed by atoms with van der Waals surface area (Å²) in [6.07, 6.45) is 0. The van der Waals surface area contributed by atoms with Crippen molar-refractivity contribution < 1.29 is 0 Å². The fraction of sp³-hybridized carbons (Fsp3) is 0. The lowest BCUT2D eigenvalue weighted by atomic mass is 9.94. The van der Waals surface area contributed by atoms with Crippen LogP contribution in [-0.2, 0) is 0 Å². The van der Waals surface area contributed by atoms with Gasteiger partial charge in [0.25, 0.3) is 0 Å². The van der Waals surface area contributed by atoms with Gasteiger partial charge in [-0.2, -0.15) is 5.26 Å². The van der Waals surface area contributed by atoms with Gasteiger partial charge in [-0.3, -0.25) is 0 Å². The summed E-state index contributed by atoms with van der Waals surface area (Å²) in [5, 5.41) is 12.3. The lowest BCUT2D eigenvalue weighted by Crippen LogP contribution is -2.09. The van der Waals surface area contributed by atoms with E-state index in [-0.39, 0.29) is 0 Å². The molecule has 0 aliphatic heterocycles. The number of anilines is 3. The lowest BCUT2D eigenvalue weighted by molar-refractivity contribution is 1.28. The van der Waals surface area contributed by atoms with Gasteiger partial charge in [0.2, 0.25) is 0 Å². The number of hydrogen-bond donors (Lipinski definition) is 0. The van der Waals surface area contributed by atoms with Crippen LogP contribution >= 0.6 is 0 Å². The van der Waals surface area contributed by atoms with Crippen LogP contribution in [0.5, 0.6) is 0 Å². The third-order valence-corrected chi connectivity index (χ3v) is 8.46. The van der Waals surface area contributed by atoms with E-state index < -0.39 is 0 Å². The Balaban J connectivity index is 1.22. The molecular weight excluding hydrogens is 520 g/mol. The summed E-state index contributed by atoms with van der Waals surface area (Å²) >= 11 is 0. The molecule has 0 bridgehead atoms. The van der Waals surface area contributed by atoms with E-state index in [0.717, 1.165) is 28.2 Å². The van der Waals surface area contributed by atoms with Gasteiger partial charge in [0.1, 0.15) is 0 Å². The molecule has 0 N–H and O–H groups in total. The van der Waals surface area contributed by atoms with Crippen LogP contribution in [0.25, 0.3) is 55.3 Å². The summed E-state index contributed by atoms with van der Waals surface area (Å²) < 4.78 is 0. The normalized spacial score (nSPS) is 11.2. The summed E-state index contributed by atoms with van der Waals surface area (Å²) in [5.41, 5.74) is 13.5. The SMILES string of the molecule is N#Cc1ccccc1-c1cccc(N(c2ccccc2)c2ccc(-c3ccc4c5c(cccc35)-c3ccccc3-4)cc2)c1. The Bertz CT molecular complexity index is 2160.